The van der Waals surface area contributed by atoms with Crippen molar-refractivity contribution in [2.75, 3.05) is 6.54 Å². The highest BCUT2D eigenvalue weighted by Crippen LogP contribution is 2.45. The molecule has 2 rings (SSSR count). The average Bonchev–Trinajstić information content (AvgIpc) is 2.89. The number of rotatable bonds is 6. The van der Waals surface area contributed by atoms with Gasteiger partial charge in [-0.05, 0) is 59.4 Å². The number of ether oxygens (including phenoxy) is 1. The fourth-order valence-corrected chi connectivity index (χ4v) is 4.56. The van der Waals surface area contributed by atoms with Gasteiger partial charge in [-0.1, -0.05) is 32.6 Å². The molecular weight excluding hydrogens is 246 g/mol. The van der Waals surface area contributed by atoms with E-state index in [-0.39, 0.29) is 11.2 Å². The highest BCUT2D eigenvalue weighted by molar-refractivity contribution is 5.00. The second-order valence-electron chi connectivity index (χ2n) is 8.22. The van der Waals surface area contributed by atoms with Crippen LogP contribution in [-0.2, 0) is 4.74 Å². The third-order valence-corrected chi connectivity index (χ3v) is 5.35. The molecule has 1 N–H and O–H groups in total. The normalized spacial score (nSPS) is 30.8. The molecule has 2 nitrogen and oxygen atoms in total. The molecule has 1 saturated heterocycles. The maximum Gasteiger partial charge on any atom is 0.0677 e. The molecule has 1 heterocycles. The minimum atomic E-state index is 0.00745. The molecule has 1 saturated carbocycles. The zero-order valence-corrected chi connectivity index (χ0v) is 14.3. The van der Waals surface area contributed by atoms with E-state index in [2.05, 4.69) is 39.9 Å². The average molecular weight is 281 g/mol. The van der Waals surface area contributed by atoms with Crippen molar-refractivity contribution < 1.29 is 4.74 Å². The van der Waals surface area contributed by atoms with Crippen molar-refractivity contribution in [3.63, 3.8) is 0 Å². The molecule has 0 spiro atoms. The Morgan fingerprint density at radius 2 is 1.80 bits per heavy atom. The first kappa shape index (κ1) is 16.3. The van der Waals surface area contributed by atoms with E-state index in [0.717, 1.165) is 12.5 Å². The lowest BCUT2D eigenvalue weighted by molar-refractivity contribution is -0.0782. The largest absolute Gasteiger partial charge is 0.369 e. The van der Waals surface area contributed by atoms with Crippen LogP contribution in [0.5, 0.6) is 0 Å². The summed E-state index contributed by atoms with van der Waals surface area (Å²) >= 11 is 0. The Balaban J connectivity index is 2.04. The molecule has 2 aliphatic rings. The van der Waals surface area contributed by atoms with Crippen molar-refractivity contribution in [3.8, 4) is 0 Å². The van der Waals surface area contributed by atoms with Crippen LogP contribution in [0.2, 0.25) is 0 Å². The van der Waals surface area contributed by atoms with E-state index in [1.165, 1.54) is 44.9 Å². The summed E-state index contributed by atoms with van der Waals surface area (Å²) in [5.41, 5.74) is 0.0451. The van der Waals surface area contributed by atoms with Gasteiger partial charge in [-0.2, -0.15) is 0 Å². The molecule has 2 fully saturated rings. The van der Waals surface area contributed by atoms with E-state index >= 15 is 0 Å². The first-order valence-electron chi connectivity index (χ1n) is 8.77. The molecule has 20 heavy (non-hydrogen) atoms. The number of hydrogen-bond acceptors (Lipinski definition) is 2. The van der Waals surface area contributed by atoms with Crippen LogP contribution in [0, 0.1) is 11.8 Å². The lowest BCUT2D eigenvalue weighted by Crippen LogP contribution is -2.45. The third kappa shape index (κ3) is 3.98. The standard InChI is InChI=1S/C18H35NO/c1-6-11-19-16(12-14-9-7-8-10-14)15-13-17(2,3)20-18(15,4)5/h14-16,19H,6-13H2,1-5H3. The van der Waals surface area contributed by atoms with Crippen molar-refractivity contribution in [1.29, 1.82) is 0 Å². The Hall–Kier alpha value is -0.0800. The second kappa shape index (κ2) is 6.36. The molecule has 0 aromatic heterocycles. The highest BCUT2D eigenvalue weighted by Gasteiger charge is 2.49. The van der Waals surface area contributed by atoms with Gasteiger partial charge in [-0.25, -0.2) is 0 Å². The number of nitrogens with one attached hydrogen (secondary N) is 1. The molecule has 2 atom stereocenters. The Morgan fingerprint density at radius 1 is 1.15 bits per heavy atom. The van der Waals surface area contributed by atoms with Crippen LogP contribution in [-0.4, -0.2) is 23.8 Å². The van der Waals surface area contributed by atoms with Gasteiger partial charge in [0.05, 0.1) is 11.2 Å². The van der Waals surface area contributed by atoms with Gasteiger partial charge in [0, 0.05) is 12.0 Å². The van der Waals surface area contributed by atoms with Crippen LogP contribution < -0.4 is 5.32 Å². The van der Waals surface area contributed by atoms with Crippen LogP contribution in [0.1, 0.15) is 79.6 Å². The molecule has 2 heteroatoms. The Kier molecular flexibility index (Phi) is 5.18. The molecule has 0 amide bonds. The van der Waals surface area contributed by atoms with Crippen LogP contribution in [0.4, 0.5) is 0 Å². The first-order chi connectivity index (χ1) is 9.34. The summed E-state index contributed by atoms with van der Waals surface area (Å²) < 4.78 is 6.33. The predicted molar refractivity (Wildman–Crippen MR) is 86.0 cm³/mol. The first-order valence-corrected chi connectivity index (χ1v) is 8.77. The van der Waals surface area contributed by atoms with Crippen molar-refractivity contribution in [1.82, 2.24) is 5.32 Å². The topological polar surface area (TPSA) is 21.3 Å². The minimum Gasteiger partial charge on any atom is -0.369 e. The van der Waals surface area contributed by atoms with Crippen LogP contribution in [0.3, 0.4) is 0 Å². The Bertz CT molecular complexity index is 305. The summed E-state index contributed by atoms with van der Waals surface area (Å²) in [6.07, 6.45) is 9.55. The lowest BCUT2D eigenvalue weighted by Gasteiger charge is -2.35. The van der Waals surface area contributed by atoms with E-state index in [1.807, 2.05) is 0 Å². The number of hydrogen-bond donors (Lipinski definition) is 1. The van der Waals surface area contributed by atoms with Crippen molar-refractivity contribution >= 4 is 0 Å². The van der Waals surface area contributed by atoms with E-state index < -0.39 is 0 Å². The molecule has 1 aliphatic heterocycles. The van der Waals surface area contributed by atoms with Crippen molar-refractivity contribution in [2.45, 2.75) is 96.8 Å². The Morgan fingerprint density at radius 3 is 2.30 bits per heavy atom. The molecule has 0 radical (unpaired) electrons. The third-order valence-electron chi connectivity index (χ3n) is 5.35. The van der Waals surface area contributed by atoms with Crippen molar-refractivity contribution in [2.24, 2.45) is 11.8 Å². The summed E-state index contributed by atoms with van der Waals surface area (Å²) in [5, 5.41) is 3.85. The van der Waals surface area contributed by atoms with Gasteiger partial charge < -0.3 is 10.1 Å². The van der Waals surface area contributed by atoms with Gasteiger partial charge >= 0.3 is 0 Å². The fraction of sp³-hybridized carbons (Fsp3) is 1.00. The second-order valence-corrected chi connectivity index (χ2v) is 8.22. The molecule has 118 valence electrons. The van der Waals surface area contributed by atoms with Gasteiger partial charge in [0.2, 0.25) is 0 Å². The van der Waals surface area contributed by atoms with Crippen LogP contribution in [0.25, 0.3) is 0 Å². The van der Waals surface area contributed by atoms with Gasteiger partial charge in [-0.3, -0.25) is 0 Å². The summed E-state index contributed by atoms with van der Waals surface area (Å²) in [6.45, 7) is 12.5. The molecule has 1 aliphatic carbocycles. The quantitative estimate of drug-likeness (QED) is 0.772. The summed E-state index contributed by atoms with van der Waals surface area (Å²) in [4.78, 5) is 0. The molecule has 0 bridgehead atoms. The zero-order valence-electron chi connectivity index (χ0n) is 14.3. The fourth-order valence-electron chi connectivity index (χ4n) is 4.56. The highest BCUT2D eigenvalue weighted by atomic mass is 16.5. The monoisotopic (exact) mass is 281 g/mol. The predicted octanol–water partition coefficient (Wildman–Crippen LogP) is 4.53. The van der Waals surface area contributed by atoms with Gasteiger partial charge in [0.25, 0.3) is 0 Å². The summed E-state index contributed by atoms with van der Waals surface area (Å²) in [6, 6.07) is 0.634. The molecule has 0 aromatic rings. The van der Waals surface area contributed by atoms with Gasteiger partial charge in [0.1, 0.15) is 0 Å². The van der Waals surface area contributed by atoms with Gasteiger partial charge in [0.15, 0.2) is 0 Å². The molecular formula is C18H35NO. The lowest BCUT2D eigenvalue weighted by atomic mass is 9.78. The van der Waals surface area contributed by atoms with E-state index in [1.54, 1.807) is 0 Å². The summed E-state index contributed by atoms with van der Waals surface area (Å²) in [5.74, 6) is 1.59. The maximum absolute atomic E-state index is 6.33. The van der Waals surface area contributed by atoms with Gasteiger partial charge in [-0.15, -0.1) is 0 Å². The Labute approximate surface area is 126 Å². The van der Waals surface area contributed by atoms with Crippen LogP contribution >= 0.6 is 0 Å². The molecule has 0 aromatic carbocycles. The van der Waals surface area contributed by atoms with Crippen LogP contribution in [0.15, 0.2) is 0 Å². The molecule has 2 unspecified atom stereocenters. The SMILES string of the molecule is CCCNC(CC1CCCC1)C1CC(C)(C)OC1(C)C. The summed E-state index contributed by atoms with van der Waals surface area (Å²) in [7, 11) is 0. The van der Waals surface area contributed by atoms with E-state index in [9.17, 15) is 0 Å². The smallest absolute Gasteiger partial charge is 0.0677 e. The maximum atomic E-state index is 6.33. The van der Waals surface area contributed by atoms with E-state index in [0.29, 0.717) is 12.0 Å². The van der Waals surface area contributed by atoms with E-state index in [4.69, 9.17) is 4.74 Å². The zero-order chi connectivity index (χ0) is 14.8. The van der Waals surface area contributed by atoms with Crippen molar-refractivity contribution in [3.05, 3.63) is 0 Å². The minimum absolute atomic E-state index is 0.00745.